The number of para-hydroxylation sites is 2. The van der Waals surface area contributed by atoms with Gasteiger partial charge in [-0.3, -0.25) is 14.0 Å². The second kappa shape index (κ2) is 8.46. The smallest absolute Gasteiger partial charge is 0.419 e. The largest absolute Gasteiger partial charge is 0.465 e. The van der Waals surface area contributed by atoms with E-state index in [2.05, 4.69) is 18.9 Å². The van der Waals surface area contributed by atoms with E-state index in [-0.39, 0.29) is 19.0 Å². The van der Waals surface area contributed by atoms with E-state index in [0.717, 1.165) is 29.0 Å². The summed E-state index contributed by atoms with van der Waals surface area (Å²) in [5.41, 5.74) is 4.13. The summed E-state index contributed by atoms with van der Waals surface area (Å²) in [4.78, 5) is 24.2. The van der Waals surface area contributed by atoms with Gasteiger partial charge in [-0.25, -0.2) is 4.79 Å². The molecule has 3 rings (SSSR count). The average Bonchev–Trinajstić information content (AvgIpc) is 3.09. The Hall–Kier alpha value is -2.83. The number of carbonyl (C=O) groups excluding carboxylic acids is 1. The van der Waals surface area contributed by atoms with E-state index >= 15 is 0 Å². The first kappa shape index (κ1) is 19.9. The van der Waals surface area contributed by atoms with Gasteiger partial charge in [0.05, 0.1) is 24.2 Å². The molecule has 0 bridgehead atoms. The Labute approximate surface area is 163 Å². The van der Waals surface area contributed by atoms with Crippen LogP contribution in [0.3, 0.4) is 0 Å². The molecule has 0 atom stereocenters. The van der Waals surface area contributed by atoms with Crippen molar-refractivity contribution in [3.63, 3.8) is 0 Å². The van der Waals surface area contributed by atoms with Crippen molar-refractivity contribution < 1.29 is 13.9 Å². The maximum atomic E-state index is 12.2. The van der Waals surface area contributed by atoms with Crippen molar-refractivity contribution in [3.05, 3.63) is 51.8 Å². The number of hydrogen-bond acceptors (Lipinski definition) is 5. The molecular formula is C21H27N3O4. The summed E-state index contributed by atoms with van der Waals surface area (Å²) in [5, 5.41) is 4.53. The molecule has 28 heavy (non-hydrogen) atoms. The van der Waals surface area contributed by atoms with E-state index in [9.17, 15) is 9.59 Å². The van der Waals surface area contributed by atoms with Crippen LogP contribution in [-0.4, -0.2) is 26.9 Å². The van der Waals surface area contributed by atoms with Crippen molar-refractivity contribution >= 4 is 17.1 Å². The van der Waals surface area contributed by atoms with E-state index in [1.54, 1.807) is 10.6 Å². The van der Waals surface area contributed by atoms with Crippen LogP contribution in [0.2, 0.25) is 0 Å². The van der Waals surface area contributed by atoms with Crippen LogP contribution in [0.5, 0.6) is 0 Å². The molecule has 0 N–H and O–H groups in total. The molecule has 1 aromatic carbocycles. The zero-order valence-electron chi connectivity index (χ0n) is 16.9. The van der Waals surface area contributed by atoms with Gasteiger partial charge in [-0.2, -0.15) is 5.10 Å². The van der Waals surface area contributed by atoms with Crippen molar-refractivity contribution in [2.45, 2.75) is 53.6 Å². The Kier molecular flexibility index (Phi) is 6.02. The molecule has 0 saturated carbocycles. The van der Waals surface area contributed by atoms with Gasteiger partial charge in [0.2, 0.25) is 0 Å². The predicted octanol–water partition coefficient (Wildman–Crippen LogP) is 3.24. The summed E-state index contributed by atoms with van der Waals surface area (Å²) >= 11 is 0. The third-order valence-electron chi connectivity index (χ3n) is 4.75. The number of esters is 1. The van der Waals surface area contributed by atoms with E-state index in [1.165, 1.54) is 0 Å². The lowest BCUT2D eigenvalue weighted by Gasteiger charge is -2.08. The summed E-state index contributed by atoms with van der Waals surface area (Å²) in [6, 6.07) is 7.28. The van der Waals surface area contributed by atoms with E-state index < -0.39 is 5.76 Å². The molecule has 2 heterocycles. The highest BCUT2D eigenvalue weighted by Gasteiger charge is 2.16. The molecule has 7 heteroatoms. The Balaban J connectivity index is 1.53. The molecule has 7 nitrogen and oxygen atoms in total. The standard InChI is InChI=1S/C21H27N3O4/c1-14(2)13-24-16(4)17(15(3)22-24)12-20(25)27-11-7-10-23-18-8-5-6-9-19(18)28-21(23)26/h5-6,8-9,14H,7,10-13H2,1-4H3. The Morgan fingerprint density at radius 2 is 2.00 bits per heavy atom. The van der Waals surface area contributed by atoms with Crippen molar-refractivity contribution in [1.29, 1.82) is 0 Å². The van der Waals surface area contributed by atoms with Crippen LogP contribution < -0.4 is 5.76 Å². The number of hydrogen-bond donors (Lipinski definition) is 0. The normalized spacial score (nSPS) is 11.5. The van der Waals surface area contributed by atoms with Gasteiger partial charge in [0.15, 0.2) is 5.58 Å². The molecule has 0 spiro atoms. The van der Waals surface area contributed by atoms with Crippen molar-refractivity contribution in [2.75, 3.05) is 6.61 Å². The lowest BCUT2D eigenvalue weighted by atomic mass is 10.1. The third kappa shape index (κ3) is 4.35. The average molecular weight is 385 g/mol. The van der Waals surface area contributed by atoms with Crippen LogP contribution in [0.4, 0.5) is 0 Å². The number of fused-ring (bicyclic) bond motifs is 1. The molecule has 0 aliphatic heterocycles. The molecule has 3 aromatic rings. The van der Waals surface area contributed by atoms with Crippen LogP contribution in [0.1, 0.15) is 37.2 Å². The fourth-order valence-electron chi connectivity index (χ4n) is 3.34. The number of ether oxygens (including phenoxy) is 1. The Morgan fingerprint density at radius 3 is 2.75 bits per heavy atom. The molecule has 0 unspecified atom stereocenters. The van der Waals surface area contributed by atoms with Gasteiger partial charge in [-0.1, -0.05) is 26.0 Å². The first-order chi connectivity index (χ1) is 13.4. The van der Waals surface area contributed by atoms with Crippen molar-refractivity contribution in [3.8, 4) is 0 Å². The second-order valence-corrected chi connectivity index (χ2v) is 7.46. The lowest BCUT2D eigenvalue weighted by Crippen LogP contribution is -2.17. The number of nitrogens with zero attached hydrogens (tertiary/aromatic N) is 3. The second-order valence-electron chi connectivity index (χ2n) is 7.46. The molecule has 0 amide bonds. The Bertz CT molecular complexity index is 1030. The maximum absolute atomic E-state index is 12.2. The number of benzene rings is 1. The SMILES string of the molecule is Cc1nn(CC(C)C)c(C)c1CC(=O)OCCCn1c(=O)oc2ccccc21. The topological polar surface area (TPSA) is 79.3 Å². The number of aromatic nitrogens is 3. The van der Waals surface area contributed by atoms with Crippen LogP contribution in [0, 0.1) is 19.8 Å². The van der Waals surface area contributed by atoms with Gasteiger partial charge in [-0.05, 0) is 38.3 Å². The van der Waals surface area contributed by atoms with Gasteiger partial charge in [0.25, 0.3) is 0 Å². The first-order valence-corrected chi connectivity index (χ1v) is 9.63. The van der Waals surface area contributed by atoms with Gasteiger partial charge < -0.3 is 9.15 Å². The molecule has 0 aliphatic carbocycles. The summed E-state index contributed by atoms with van der Waals surface area (Å²) < 4.78 is 14.1. The summed E-state index contributed by atoms with van der Waals surface area (Å²) in [6.45, 7) is 9.70. The summed E-state index contributed by atoms with van der Waals surface area (Å²) in [7, 11) is 0. The lowest BCUT2D eigenvalue weighted by molar-refractivity contribution is -0.143. The zero-order valence-corrected chi connectivity index (χ0v) is 16.9. The quantitative estimate of drug-likeness (QED) is 0.439. The summed E-state index contributed by atoms with van der Waals surface area (Å²) in [5.74, 6) is -0.184. The van der Waals surface area contributed by atoms with Crippen molar-refractivity contribution in [2.24, 2.45) is 5.92 Å². The first-order valence-electron chi connectivity index (χ1n) is 9.63. The highest BCUT2D eigenvalue weighted by Crippen LogP contribution is 2.16. The number of carbonyl (C=O) groups is 1. The number of oxazole rings is 1. The highest BCUT2D eigenvalue weighted by atomic mass is 16.5. The minimum Gasteiger partial charge on any atom is -0.465 e. The minimum atomic E-state index is -0.392. The third-order valence-corrected chi connectivity index (χ3v) is 4.75. The molecule has 0 radical (unpaired) electrons. The molecule has 0 aliphatic rings. The molecule has 0 saturated heterocycles. The van der Waals surface area contributed by atoms with Crippen molar-refractivity contribution in [1.82, 2.24) is 14.3 Å². The van der Waals surface area contributed by atoms with Crippen LogP contribution in [-0.2, 0) is 29.0 Å². The fourth-order valence-corrected chi connectivity index (χ4v) is 3.34. The van der Waals surface area contributed by atoms with Crippen LogP contribution in [0.15, 0.2) is 33.5 Å². The maximum Gasteiger partial charge on any atom is 0.419 e. The van der Waals surface area contributed by atoms with Gasteiger partial charge >= 0.3 is 11.7 Å². The summed E-state index contributed by atoms with van der Waals surface area (Å²) in [6.07, 6.45) is 0.754. The van der Waals surface area contributed by atoms with Gasteiger partial charge in [0.1, 0.15) is 0 Å². The minimum absolute atomic E-state index is 0.213. The van der Waals surface area contributed by atoms with Crippen LogP contribution in [0.25, 0.3) is 11.1 Å². The van der Waals surface area contributed by atoms with E-state index in [0.29, 0.717) is 24.5 Å². The fraction of sp³-hybridized carbons (Fsp3) is 0.476. The van der Waals surface area contributed by atoms with E-state index in [4.69, 9.17) is 9.15 Å². The Morgan fingerprint density at radius 1 is 1.25 bits per heavy atom. The zero-order chi connectivity index (χ0) is 20.3. The predicted molar refractivity (Wildman–Crippen MR) is 106 cm³/mol. The molecule has 150 valence electrons. The van der Waals surface area contributed by atoms with E-state index in [1.807, 2.05) is 36.7 Å². The molecular weight excluding hydrogens is 358 g/mol. The molecule has 0 fully saturated rings. The number of rotatable bonds is 8. The van der Waals surface area contributed by atoms with Gasteiger partial charge in [-0.15, -0.1) is 0 Å². The molecule has 2 aromatic heterocycles. The highest BCUT2D eigenvalue weighted by molar-refractivity contribution is 5.73. The monoisotopic (exact) mass is 385 g/mol. The van der Waals surface area contributed by atoms with Gasteiger partial charge in [0, 0.05) is 24.3 Å². The number of aryl methyl sites for hydroxylation is 2. The van der Waals surface area contributed by atoms with Crippen LogP contribution >= 0.6 is 0 Å².